The Balaban J connectivity index is 2.05. The fourth-order valence-electron chi connectivity index (χ4n) is 1.79. The molecule has 0 aromatic heterocycles. The third kappa shape index (κ3) is 3.37. The Morgan fingerprint density at radius 1 is 1.05 bits per heavy atom. The van der Waals surface area contributed by atoms with Gasteiger partial charge in [-0.2, -0.15) is 0 Å². The molecule has 2 aromatic carbocycles. The van der Waals surface area contributed by atoms with Gasteiger partial charge in [-0.05, 0) is 42.3 Å². The molecule has 2 rings (SSSR count). The molecule has 4 heteroatoms. The van der Waals surface area contributed by atoms with Gasteiger partial charge in [0, 0.05) is 12.1 Å². The number of anilines is 1. The number of hydrogen-bond acceptors (Lipinski definition) is 2. The van der Waals surface area contributed by atoms with E-state index in [1.54, 1.807) is 12.1 Å². The molecule has 0 aliphatic rings. The van der Waals surface area contributed by atoms with Gasteiger partial charge in [-0.1, -0.05) is 12.1 Å². The van der Waals surface area contributed by atoms with Gasteiger partial charge in [-0.15, -0.1) is 0 Å². The summed E-state index contributed by atoms with van der Waals surface area (Å²) in [6.07, 6.45) is 0.597. The number of Topliss-reactive ketones (excluding diaryl/α,β-unsaturated/α-hetero) is 1. The molecule has 0 amide bonds. The molecule has 2 nitrogen and oxygen atoms in total. The van der Waals surface area contributed by atoms with Crippen LogP contribution in [0.4, 0.5) is 14.5 Å². The van der Waals surface area contributed by atoms with Crippen molar-refractivity contribution in [3.05, 3.63) is 65.2 Å². The molecule has 98 valence electrons. The number of halogens is 2. The summed E-state index contributed by atoms with van der Waals surface area (Å²) in [4.78, 5) is 11.8. The molecule has 0 fully saturated rings. The predicted octanol–water partition coefficient (Wildman–Crippen LogP) is 3.36. The quantitative estimate of drug-likeness (QED) is 0.677. The molecule has 2 N–H and O–H groups in total. The summed E-state index contributed by atoms with van der Waals surface area (Å²) in [6.45, 7) is 0. The zero-order chi connectivity index (χ0) is 13.8. The average molecular weight is 261 g/mol. The largest absolute Gasteiger partial charge is 0.399 e. The van der Waals surface area contributed by atoms with Gasteiger partial charge in [-0.3, -0.25) is 4.79 Å². The van der Waals surface area contributed by atoms with E-state index in [1.165, 1.54) is 0 Å². The summed E-state index contributed by atoms with van der Waals surface area (Å²) in [5.74, 6) is -1.71. The number of rotatable bonds is 4. The highest BCUT2D eigenvalue weighted by atomic mass is 19.1. The lowest BCUT2D eigenvalue weighted by Crippen LogP contribution is -2.04. The van der Waals surface area contributed by atoms with E-state index in [0.29, 0.717) is 12.1 Å². The van der Waals surface area contributed by atoms with E-state index in [9.17, 15) is 13.6 Å². The van der Waals surface area contributed by atoms with Crippen LogP contribution in [0.1, 0.15) is 22.3 Å². The van der Waals surface area contributed by atoms with Crippen LogP contribution >= 0.6 is 0 Å². The molecule has 0 radical (unpaired) electrons. The molecule has 0 aliphatic heterocycles. The summed E-state index contributed by atoms with van der Waals surface area (Å²) >= 11 is 0. The minimum atomic E-state index is -0.691. The molecule has 19 heavy (non-hydrogen) atoms. The van der Waals surface area contributed by atoms with Crippen LogP contribution in [0.25, 0.3) is 0 Å². The molecular formula is C15H13F2NO. The standard InChI is InChI=1S/C15H13F2NO/c16-11-4-7-14(17)13(9-11)15(19)8-3-10-1-5-12(18)6-2-10/h1-2,4-7,9H,3,8,18H2. The first kappa shape index (κ1) is 13.2. The molecule has 0 heterocycles. The van der Waals surface area contributed by atoms with Gasteiger partial charge in [0.1, 0.15) is 11.6 Å². The van der Waals surface area contributed by atoms with E-state index >= 15 is 0 Å². The van der Waals surface area contributed by atoms with E-state index in [-0.39, 0.29) is 12.0 Å². The Labute approximate surface area is 109 Å². The number of carbonyl (C=O) groups is 1. The summed E-state index contributed by atoms with van der Waals surface area (Å²) < 4.78 is 26.4. The van der Waals surface area contributed by atoms with Gasteiger partial charge in [0.25, 0.3) is 0 Å². The molecule has 0 bridgehead atoms. The molecular weight excluding hydrogens is 248 g/mol. The Hall–Kier alpha value is -2.23. The molecule has 0 unspecified atom stereocenters. The van der Waals surface area contributed by atoms with E-state index in [2.05, 4.69) is 0 Å². The van der Waals surface area contributed by atoms with Crippen molar-refractivity contribution in [3.8, 4) is 0 Å². The van der Waals surface area contributed by atoms with Crippen molar-refractivity contribution in [2.45, 2.75) is 12.8 Å². The molecule has 0 atom stereocenters. The first-order valence-electron chi connectivity index (χ1n) is 5.89. The number of nitrogen functional groups attached to an aromatic ring is 1. The summed E-state index contributed by atoms with van der Waals surface area (Å²) in [5, 5.41) is 0. The maximum Gasteiger partial charge on any atom is 0.166 e. The minimum Gasteiger partial charge on any atom is -0.399 e. The Morgan fingerprint density at radius 2 is 1.74 bits per heavy atom. The summed E-state index contributed by atoms with van der Waals surface area (Å²) in [5.41, 5.74) is 6.93. The number of carbonyl (C=O) groups excluding carboxylic acids is 1. The SMILES string of the molecule is Nc1ccc(CCC(=O)c2cc(F)ccc2F)cc1. The zero-order valence-electron chi connectivity index (χ0n) is 10.2. The monoisotopic (exact) mass is 261 g/mol. The van der Waals surface area contributed by atoms with Crippen molar-refractivity contribution in [3.63, 3.8) is 0 Å². The van der Waals surface area contributed by atoms with E-state index in [1.807, 2.05) is 12.1 Å². The second-order valence-corrected chi connectivity index (χ2v) is 4.29. The maximum absolute atomic E-state index is 13.4. The molecule has 0 spiro atoms. The highest BCUT2D eigenvalue weighted by molar-refractivity contribution is 5.96. The Bertz CT molecular complexity index is 594. The second kappa shape index (κ2) is 5.61. The Morgan fingerprint density at radius 3 is 2.42 bits per heavy atom. The first-order valence-corrected chi connectivity index (χ1v) is 5.89. The zero-order valence-corrected chi connectivity index (χ0v) is 10.2. The summed E-state index contributed by atoms with van der Waals surface area (Å²) in [7, 11) is 0. The number of ketones is 1. The fourth-order valence-corrected chi connectivity index (χ4v) is 1.79. The van der Waals surface area contributed by atoms with Gasteiger partial charge < -0.3 is 5.73 Å². The lowest BCUT2D eigenvalue weighted by atomic mass is 10.0. The lowest BCUT2D eigenvalue weighted by Gasteiger charge is -2.04. The number of benzene rings is 2. The third-order valence-electron chi connectivity index (χ3n) is 2.85. The van der Waals surface area contributed by atoms with Crippen LogP contribution in [0.15, 0.2) is 42.5 Å². The maximum atomic E-state index is 13.4. The number of nitrogens with two attached hydrogens (primary N) is 1. The van der Waals surface area contributed by atoms with Gasteiger partial charge in [-0.25, -0.2) is 8.78 Å². The van der Waals surface area contributed by atoms with Gasteiger partial charge >= 0.3 is 0 Å². The van der Waals surface area contributed by atoms with Crippen LogP contribution in [-0.2, 0) is 6.42 Å². The number of hydrogen-bond donors (Lipinski definition) is 1. The minimum absolute atomic E-state index is 0.129. The molecule has 0 saturated heterocycles. The number of aryl methyl sites for hydroxylation is 1. The van der Waals surface area contributed by atoms with Crippen LogP contribution in [0.5, 0.6) is 0 Å². The van der Waals surface area contributed by atoms with Crippen molar-refractivity contribution >= 4 is 11.5 Å². The van der Waals surface area contributed by atoms with E-state index in [4.69, 9.17) is 5.73 Å². The van der Waals surface area contributed by atoms with Crippen LogP contribution in [-0.4, -0.2) is 5.78 Å². The van der Waals surface area contributed by atoms with Gasteiger partial charge in [0.15, 0.2) is 5.78 Å². The predicted molar refractivity (Wildman–Crippen MR) is 69.9 cm³/mol. The molecule has 0 aliphatic carbocycles. The van der Waals surface area contributed by atoms with Crippen molar-refractivity contribution in [1.82, 2.24) is 0 Å². The van der Waals surface area contributed by atoms with Crippen LogP contribution in [0, 0.1) is 11.6 Å². The first-order chi connectivity index (χ1) is 9.06. The van der Waals surface area contributed by atoms with E-state index < -0.39 is 17.4 Å². The topological polar surface area (TPSA) is 43.1 Å². The highest BCUT2D eigenvalue weighted by Crippen LogP contribution is 2.14. The fraction of sp³-hybridized carbons (Fsp3) is 0.133. The van der Waals surface area contributed by atoms with Gasteiger partial charge in [0.05, 0.1) is 5.56 Å². The summed E-state index contributed by atoms with van der Waals surface area (Å²) in [6, 6.07) is 9.98. The van der Waals surface area contributed by atoms with Gasteiger partial charge in [0.2, 0.25) is 0 Å². The van der Waals surface area contributed by atoms with Crippen LogP contribution in [0.2, 0.25) is 0 Å². The van der Waals surface area contributed by atoms with Crippen molar-refractivity contribution < 1.29 is 13.6 Å². The van der Waals surface area contributed by atoms with Crippen LogP contribution < -0.4 is 5.73 Å². The van der Waals surface area contributed by atoms with Crippen molar-refractivity contribution in [2.75, 3.05) is 5.73 Å². The van der Waals surface area contributed by atoms with E-state index in [0.717, 1.165) is 23.8 Å². The van der Waals surface area contributed by atoms with Crippen LogP contribution in [0.3, 0.4) is 0 Å². The second-order valence-electron chi connectivity index (χ2n) is 4.29. The highest BCUT2D eigenvalue weighted by Gasteiger charge is 2.12. The lowest BCUT2D eigenvalue weighted by molar-refractivity contribution is 0.0978. The average Bonchev–Trinajstić information content (AvgIpc) is 2.40. The normalized spacial score (nSPS) is 10.4. The third-order valence-corrected chi connectivity index (χ3v) is 2.85. The Kier molecular flexibility index (Phi) is 3.90. The van der Waals surface area contributed by atoms with Crippen molar-refractivity contribution in [1.29, 1.82) is 0 Å². The molecule has 2 aromatic rings. The smallest absolute Gasteiger partial charge is 0.166 e. The van der Waals surface area contributed by atoms with Crippen molar-refractivity contribution in [2.24, 2.45) is 0 Å². The molecule has 0 saturated carbocycles.